The van der Waals surface area contributed by atoms with Gasteiger partial charge in [-0.3, -0.25) is 8.76 Å². The van der Waals surface area contributed by atoms with Gasteiger partial charge in [0.25, 0.3) is 10.1 Å². The van der Waals surface area contributed by atoms with Crippen LogP contribution in [0.25, 0.3) is 0 Å². The third-order valence-electron chi connectivity index (χ3n) is 0.879. The van der Waals surface area contributed by atoms with E-state index in [0.29, 0.717) is 0 Å². The minimum Gasteiger partial charge on any atom is -0.772 e. The van der Waals surface area contributed by atoms with Crippen LogP contribution in [-0.4, -0.2) is 32.7 Å². The van der Waals surface area contributed by atoms with E-state index in [-0.39, 0.29) is 0 Å². The van der Waals surface area contributed by atoms with Gasteiger partial charge in [0, 0.05) is 5.75 Å². The highest BCUT2D eigenvalue weighted by Crippen LogP contribution is 1.97. The quantitative estimate of drug-likeness (QED) is 0.458. The smallest absolute Gasteiger partial charge is 0.268 e. The molecule has 0 radical (unpaired) electrons. The lowest BCUT2D eigenvalue weighted by atomic mass is 10.6. The number of hydrogen-bond acceptors (Lipinski definition) is 4. The van der Waals surface area contributed by atoms with Crippen LogP contribution in [0.2, 0.25) is 0 Å². The lowest BCUT2D eigenvalue weighted by molar-refractivity contribution is 0.471. The van der Waals surface area contributed by atoms with Crippen molar-refractivity contribution in [3.8, 4) is 0 Å². The van der Waals surface area contributed by atoms with Crippen LogP contribution in [0.5, 0.6) is 0 Å². The van der Waals surface area contributed by atoms with Crippen molar-refractivity contribution >= 4 is 21.2 Å². The maximum Gasteiger partial charge on any atom is 0.268 e. The average molecular weight is 187 g/mol. The summed E-state index contributed by atoms with van der Waals surface area (Å²) in [7, 11) is -4.19. The Balaban J connectivity index is 4.12. The Morgan fingerprint density at radius 1 is 1.70 bits per heavy atom. The molecule has 5 nitrogen and oxygen atoms in total. The van der Waals surface area contributed by atoms with E-state index in [1.807, 2.05) is 0 Å². The van der Waals surface area contributed by atoms with Crippen LogP contribution < -0.4 is 0 Å². The van der Waals surface area contributed by atoms with Crippen LogP contribution in [0.15, 0.2) is 0 Å². The molecule has 0 aliphatic heterocycles. The van der Waals surface area contributed by atoms with Crippen LogP contribution in [0.3, 0.4) is 0 Å². The van der Waals surface area contributed by atoms with E-state index in [9.17, 15) is 17.2 Å². The standard InChI is InChI=1S/C3H8O5S2/c1-3(2-9(4)5)10(6,7)8/h3H,2H2,1H3,(H,4,5)(H,6,7,8)/p-1. The van der Waals surface area contributed by atoms with Gasteiger partial charge in [0.15, 0.2) is 0 Å². The Hall–Kier alpha value is 0.0200. The Kier molecular flexibility index (Phi) is 3.43. The van der Waals surface area contributed by atoms with Gasteiger partial charge in [0.2, 0.25) is 0 Å². The molecule has 62 valence electrons. The summed E-state index contributed by atoms with van der Waals surface area (Å²) in [6, 6.07) is 0. The summed E-state index contributed by atoms with van der Waals surface area (Å²) in [5.74, 6) is -0.571. The summed E-state index contributed by atoms with van der Waals surface area (Å²) in [4.78, 5) is 0. The van der Waals surface area contributed by atoms with Crippen LogP contribution in [0.4, 0.5) is 0 Å². The molecule has 2 atom stereocenters. The van der Waals surface area contributed by atoms with Gasteiger partial charge in [-0.25, -0.2) is 0 Å². The Morgan fingerprint density at radius 2 is 2.10 bits per heavy atom. The minimum absolute atomic E-state index is 0.571. The maximum absolute atomic E-state index is 10.1. The van der Waals surface area contributed by atoms with Gasteiger partial charge in [0.05, 0.1) is 5.25 Å². The summed E-state index contributed by atoms with van der Waals surface area (Å²) in [5, 5.41) is -1.24. The van der Waals surface area contributed by atoms with Crippen LogP contribution in [0, 0.1) is 0 Å². The minimum atomic E-state index is -4.19. The number of hydrogen-bond donors (Lipinski definition) is 1. The predicted molar refractivity (Wildman–Crippen MR) is 34.8 cm³/mol. The van der Waals surface area contributed by atoms with E-state index >= 15 is 0 Å². The lowest BCUT2D eigenvalue weighted by Gasteiger charge is -2.08. The molecule has 7 heteroatoms. The molecule has 0 saturated heterocycles. The van der Waals surface area contributed by atoms with E-state index in [2.05, 4.69) is 0 Å². The largest absolute Gasteiger partial charge is 0.772 e. The molecule has 0 aliphatic rings. The second kappa shape index (κ2) is 3.42. The Morgan fingerprint density at radius 3 is 2.20 bits per heavy atom. The zero-order chi connectivity index (χ0) is 8.36. The van der Waals surface area contributed by atoms with Gasteiger partial charge in [0.1, 0.15) is 0 Å². The predicted octanol–water partition coefficient (Wildman–Crippen LogP) is -0.858. The molecule has 0 rings (SSSR count). The highest BCUT2D eigenvalue weighted by atomic mass is 32.2. The second-order valence-electron chi connectivity index (χ2n) is 1.80. The first kappa shape index (κ1) is 10.0. The Labute approximate surface area is 61.5 Å². The molecule has 0 fully saturated rings. The van der Waals surface area contributed by atoms with Gasteiger partial charge >= 0.3 is 0 Å². The molecule has 0 heterocycles. The molecular weight excluding hydrogens is 180 g/mol. The second-order valence-corrected chi connectivity index (χ2v) is 4.57. The van der Waals surface area contributed by atoms with Crippen molar-refractivity contribution in [2.75, 3.05) is 5.75 Å². The highest BCUT2D eigenvalue weighted by molar-refractivity contribution is 7.88. The van der Waals surface area contributed by atoms with Crippen molar-refractivity contribution in [1.29, 1.82) is 0 Å². The summed E-state index contributed by atoms with van der Waals surface area (Å²) in [6.07, 6.45) is 0. The van der Waals surface area contributed by atoms with Crippen LogP contribution >= 0.6 is 0 Å². The third-order valence-corrected chi connectivity index (χ3v) is 3.05. The van der Waals surface area contributed by atoms with Gasteiger partial charge < -0.3 is 4.55 Å². The highest BCUT2D eigenvalue weighted by Gasteiger charge is 2.16. The van der Waals surface area contributed by atoms with Crippen LogP contribution in [0.1, 0.15) is 6.92 Å². The first-order valence-corrected chi connectivity index (χ1v) is 5.11. The molecule has 0 saturated carbocycles. The fourth-order valence-electron chi connectivity index (χ4n) is 0.278. The fraction of sp³-hybridized carbons (Fsp3) is 1.00. The van der Waals surface area contributed by atoms with E-state index in [0.717, 1.165) is 6.92 Å². The van der Waals surface area contributed by atoms with Crippen molar-refractivity contribution in [2.45, 2.75) is 12.2 Å². The SMILES string of the molecule is CC(CS(=O)[O-])S(=O)(=O)O. The molecule has 0 bridgehead atoms. The molecule has 0 spiro atoms. The molecule has 0 aromatic rings. The lowest BCUT2D eigenvalue weighted by Crippen LogP contribution is -2.23. The van der Waals surface area contributed by atoms with Crippen molar-refractivity contribution in [2.24, 2.45) is 0 Å². The summed E-state index contributed by atoms with van der Waals surface area (Å²) >= 11 is -2.43. The zero-order valence-corrected chi connectivity index (χ0v) is 6.81. The molecule has 1 N–H and O–H groups in total. The third kappa shape index (κ3) is 3.94. The van der Waals surface area contributed by atoms with Crippen molar-refractivity contribution in [3.63, 3.8) is 0 Å². The van der Waals surface area contributed by atoms with Gasteiger partial charge in [-0.05, 0) is 6.92 Å². The molecular formula is C3H7O5S2-. The molecule has 10 heavy (non-hydrogen) atoms. The van der Waals surface area contributed by atoms with E-state index < -0.39 is 32.2 Å². The van der Waals surface area contributed by atoms with Gasteiger partial charge in [-0.15, -0.1) is 0 Å². The van der Waals surface area contributed by atoms with E-state index in [1.54, 1.807) is 0 Å². The molecule has 0 aromatic heterocycles. The van der Waals surface area contributed by atoms with Crippen molar-refractivity contribution in [1.82, 2.24) is 0 Å². The molecule has 0 aromatic carbocycles. The molecule has 0 aliphatic carbocycles. The summed E-state index contributed by atoms with van der Waals surface area (Å²) in [5.41, 5.74) is 0. The van der Waals surface area contributed by atoms with Crippen molar-refractivity contribution in [3.05, 3.63) is 0 Å². The first-order valence-electron chi connectivity index (χ1n) is 2.36. The normalized spacial score (nSPS) is 18.3. The van der Waals surface area contributed by atoms with Gasteiger partial charge in [-0.2, -0.15) is 8.42 Å². The average Bonchev–Trinajstić information content (AvgIpc) is 1.60. The number of rotatable bonds is 3. The zero-order valence-electron chi connectivity index (χ0n) is 5.18. The first-order chi connectivity index (χ1) is 4.34. The summed E-state index contributed by atoms with van der Waals surface area (Å²) < 4.78 is 48.3. The summed E-state index contributed by atoms with van der Waals surface area (Å²) in [6.45, 7) is 1.12. The molecule has 0 amide bonds. The maximum atomic E-state index is 10.1. The monoisotopic (exact) mass is 187 g/mol. The Bertz CT molecular complexity index is 217. The van der Waals surface area contributed by atoms with Gasteiger partial charge in [-0.1, -0.05) is 11.1 Å². The molecule has 2 unspecified atom stereocenters. The van der Waals surface area contributed by atoms with Crippen molar-refractivity contribution < 1.29 is 21.7 Å². The fourth-order valence-corrected chi connectivity index (χ4v) is 1.68. The van der Waals surface area contributed by atoms with E-state index in [4.69, 9.17) is 4.55 Å². The topological polar surface area (TPSA) is 94.5 Å². The van der Waals surface area contributed by atoms with Crippen LogP contribution in [-0.2, 0) is 21.2 Å². The van der Waals surface area contributed by atoms with E-state index in [1.165, 1.54) is 0 Å².